The summed E-state index contributed by atoms with van der Waals surface area (Å²) in [5.74, 6) is -1.19. The standard InChI is InChI=1S/C12H9FO2S/c1-7-6-8(2-3-9(7)13)10-4-5-11(16-10)12(14)15/h2-6H,1H3,(H,14,15). The Morgan fingerprint density at radius 3 is 2.62 bits per heavy atom. The van der Waals surface area contributed by atoms with Crippen molar-refractivity contribution in [2.45, 2.75) is 6.92 Å². The number of rotatable bonds is 2. The summed E-state index contributed by atoms with van der Waals surface area (Å²) in [4.78, 5) is 11.8. The normalized spacial score (nSPS) is 10.4. The quantitative estimate of drug-likeness (QED) is 0.865. The van der Waals surface area contributed by atoms with E-state index in [9.17, 15) is 9.18 Å². The summed E-state index contributed by atoms with van der Waals surface area (Å²) in [6, 6.07) is 8.05. The van der Waals surface area contributed by atoms with Crippen molar-refractivity contribution in [1.29, 1.82) is 0 Å². The molecule has 16 heavy (non-hydrogen) atoms. The molecule has 1 heterocycles. The van der Waals surface area contributed by atoms with Gasteiger partial charge in [-0.25, -0.2) is 9.18 Å². The molecule has 0 bridgehead atoms. The maximum atomic E-state index is 13.1. The van der Waals surface area contributed by atoms with Crippen LogP contribution in [0.25, 0.3) is 10.4 Å². The first-order chi connectivity index (χ1) is 7.58. The van der Waals surface area contributed by atoms with Gasteiger partial charge in [-0.05, 0) is 42.3 Å². The summed E-state index contributed by atoms with van der Waals surface area (Å²) in [5, 5.41) is 8.79. The van der Waals surface area contributed by atoms with Crippen LogP contribution in [0.15, 0.2) is 30.3 Å². The summed E-state index contributed by atoms with van der Waals surface area (Å²) < 4.78 is 13.1. The zero-order valence-corrected chi connectivity index (χ0v) is 9.34. The Balaban J connectivity index is 2.42. The molecule has 82 valence electrons. The van der Waals surface area contributed by atoms with E-state index in [0.717, 1.165) is 10.4 Å². The van der Waals surface area contributed by atoms with Crippen LogP contribution >= 0.6 is 11.3 Å². The van der Waals surface area contributed by atoms with Crippen molar-refractivity contribution in [2.75, 3.05) is 0 Å². The van der Waals surface area contributed by atoms with E-state index in [4.69, 9.17) is 5.11 Å². The minimum Gasteiger partial charge on any atom is -0.477 e. The fraction of sp³-hybridized carbons (Fsp3) is 0.0833. The summed E-state index contributed by atoms with van der Waals surface area (Å²) in [5.41, 5.74) is 1.40. The van der Waals surface area contributed by atoms with Gasteiger partial charge in [-0.2, -0.15) is 0 Å². The van der Waals surface area contributed by atoms with E-state index in [-0.39, 0.29) is 10.7 Å². The van der Waals surface area contributed by atoms with Gasteiger partial charge in [0.1, 0.15) is 10.7 Å². The van der Waals surface area contributed by atoms with E-state index >= 15 is 0 Å². The van der Waals surface area contributed by atoms with Gasteiger partial charge in [0.2, 0.25) is 0 Å². The molecule has 1 N–H and O–H groups in total. The van der Waals surface area contributed by atoms with Crippen molar-refractivity contribution < 1.29 is 14.3 Å². The van der Waals surface area contributed by atoms with Gasteiger partial charge in [0.15, 0.2) is 0 Å². The molecule has 0 fully saturated rings. The number of halogens is 1. The molecule has 0 radical (unpaired) electrons. The van der Waals surface area contributed by atoms with Crippen molar-refractivity contribution in [3.63, 3.8) is 0 Å². The molecule has 0 aliphatic carbocycles. The molecule has 2 aromatic rings. The SMILES string of the molecule is Cc1cc(-c2ccc(C(=O)O)s2)ccc1F. The van der Waals surface area contributed by atoms with E-state index in [1.54, 1.807) is 31.2 Å². The first kappa shape index (κ1) is 10.8. The lowest BCUT2D eigenvalue weighted by atomic mass is 10.1. The lowest BCUT2D eigenvalue weighted by Gasteiger charge is -2.00. The number of hydrogen-bond acceptors (Lipinski definition) is 2. The van der Waals surface area contributed by atoms with E-state index in [0.29, 0.717) is 5.56 Å². The lowest BCUT2D eigenvalue weighted by Crippen LogP contribution is -1.89. The summed E-state index contributed by atoms with van der Waals surface area (Å²) >= 11 is 1.19. The predicted octanol–water partition coefficient (Wildman–Crippen LogP) is 3.56. The topological polar surface area (TPSA) is 37.3 Å². The maximum absolute atomic E-state index is 13.1. The van der Waals surface area contributed by atoms with Crippen molar-refractivity contribution in [2.24, 2.45) is 0 Å². The second-order valence-corrected chi connectivity index (χ2v) is 4.52. The summed E-state index contributed by atoms with van der Waals surface area (Å²) in [6.45, 7) is 1.69. The van der Waals surface area contributed by atoms with E-state index < -0.39 is 5.97 Å². The van der Waals surface area contributed by atoms with Crippen molar-refractivity contribution >= 4 is 17.3 Å². The average Bonchev–Trinajstić information content (AvgIpc) is 2.71. The third-order valence-electron chi connectivity index (χ3n) is 2.26. The average molecular weight is 236 g/mol. The first-order valence-corrected chi connectivity index (χ1v) is 5.49. The number of benzene rings is 1. The van der Waals surface area contributed by atoms with Crippen LogP contribution in [0.3, 0.4) is 0 Å². The third kappa shape index (κ3) is 1.97. The highest BCUT2D eigenvalue weighted by Crippen LogP contribution is 2.29. The molecule has 0 aliphatic rings. The molecule has 1 aromatic carbocycles. The predicted molar refractivity (Wildman–Crippen MR) is 61.4 cm³/mol. The van der Waals surface area contributed by atoms with Crippen LogP contribution in [-0.2, 0) is 0 Å². The van der Waals surface area contributed by atoms with Gasteiger partial charge >= 0.3 is 5.97 Å². The molecule has 2 nitrogen and oxygen atoms in total. The Bertz CT molecular complexity index is 546. The zero-order chi connectivity index (χ0) is 11.7. The van der Waals surface area contributed by atoms with E-state index in [1.807, 2.05) is 0 Å². The van der Waals surface area contributed by atoms with Gasteiger partial charge in [0, 0.05) is 4.88 Å². The van der Waals surface area contributed by atoms with Gasteiger partial charge < -0.3 is 5.11 Å². The van der Waals surface area contributed by atoms with E-state index in [1.165, 1.54) is 17.4 Å². The molecular weight excluding hydrogens is 227 g/mol. The number of thiophene rings is 1. The van der Waals surface area contributed by atoms with Crippen LogP contribution in [0.1, 0.15) is 15.2 Å². The fourth-order valence-corrected chi connectivity index (χ4v) is 2.25. The molecule has 0 unspecified atom stereocenters. The summed E-state index contributed by atoms with van der Waals surface area (Å²) in [7, 11) is 0. The lowest BCUT2D eigenvalue weighted by molar-refractivity contribution is 0.0702. The third-order valence-corrected chi connectivity index (χ3v) is 3.38. The Kier molecular flexibility index (Phi) is 2.75. The van der Waals surface area contributed by atoms with Gasteiger partial charge in [-0.1, -0.05) is 6.07 Å². The van der Waals surface area contributed by atoms with Crippen LogP contribution in [0.5, 0.6) is 0 Å². The first-order valence-electron chi connectivity index (χ1n) is 4.67. The Morgan fingerprint density at radius 1 is 1.31 bits per heavy atom. The molecule has 2 rings (SSSR count). The Hall–Kier alpha value is -1.68. The molecular formula is C12H9FO2S. The second-order valence-electron chi connectivity index (χ2n) is 3.43. The number of carboxylic acids is 1. The molecule has 0 atom stereocenters. The molecule has 0 saturated heterocycles. The minimum atomic E-state index is -0.935. The van der Waals surface area contributed by atoms with Gasteiger partial charge in [-0.3, -0.25) is 0 Å². The highest BCUT2D eigenvalue weighted by Gasteiger charge is 2.09. The van der Waals surface area contributed by atoms with Crippen molar-refractivity contribution in [3.05, 3.63) is 46.6 Å². The molecule has 0 amide bonds. The van der Waals surface area contributed by atoms with Crippen LogP contribution in [0.4, 0.5) is 4.39 Å². The molecule has 1 aromatic heterocycles. The van der Waals surface area contributed by atoms with Crippen LogP contribution < -0.4 is 0 Å². The van der Waals surface area contributed by atoms with Crippen molar-refractivity contribution in [3.8, 4) is 10.4 Å². The number of hydrogen-bond donors (Lipinski definition) is 1. The zero-order valence-electron chi connectivity index (χ0n) is 8.53. The highest BCUT2D eigenvalue weighted by atomic mass is 32.1. The van der Waals surface area contributed by atoms with Crippen molar-refractivity contribution in [1.82, 2.24) is 0 Å². The van der Waals surface area contributed by atoms with E-state index in [2.05, 4.69) is 0 Å². The van der Waals surface area contributed by atoms with Crippen LogP contribution in [-0.4, -0.2) is 11.1 Å². The van der Waals surface area contributed by atoms with Gasteiger partial charge in [0.25, 0.3) is 0 Å². The highest BCUT2D eigenvalue weighted by molar-refractivity contribution is 7.17. The monoisotopic (exact) mass is 236 g/mol. The molecule has 0 aliphatic heterocycles. The molecule has 4 heteroatoms. The molecule has 0 spiro atoms. The smallest absolute Gasteiger partial charge is 0.345 e. The summed E-state index contributed by atoms with van der Waals surface area (Å²) in [6.07, 6.45) is 0. The Morgan fingerprint density at radius 2 is 2.06 bits per heavy atom. The largest absolute Gasteiger partial charge is 0.477 e. The van der Waals surface area contributed by atoms with Crippen LogP contribution in [0.2, 0.25) is 0 Å². The van der Waals surface area contributed by atoms with Gasteiger partial charge in [0.05, 0.1) is 0 Å². The number of aryl methyl sites for hydroxylation is 1. The minimum absolute atomic E-state index is 0.251. The second kappa shape index (κ2) is 4.06. The number of carboxylic acid groups (broad SMARTS) is 1. The fourth-order valence-electron chi connectivity index (χ4n) is 1.41. The molecule has 0 saturated carbocycles. The van der Waals surface area contributed by atoms with Crippen LogP contribution in [0, 0.1) is 12.7 Å². The maximum Gasteiger partial charge on any atom is 0.345 e. The van der Waals surface area contributed by atoms with Gasteiger partial charge in [-0.15, -0.1) is 11.3 Å². The number of aromatic carboxylic acids is 1. The Labute approximate surface area is 96.0 Å². The number of carbonyl (C=O) groups is 1.